The minimum absolute atomic E-state index is 0.215. The van der Waals surface area contributed by atoms with Crippen molar-refractivity contribution >= 4 is 23.4 Å². The first-order chi connectivity index (χ1) is 8.66. The molecule has 0 amide bonds. The third kappa shape index (κ3) is 3.30. The van der Waals surface area contributed by atoms with Crippen molar-refractivity contribution < 1.29 is 4.74 Å². The van der Waals surface area contributed by atoms with Gasteiger partial charge in [0.15, 0.2) is 5.16 Å². The highest BCUT2D eigenvalue weighted by Crippen LogP contribution is 2.18. The van der Waals surface area contributed by atoms with Crippen molar-refractivity contribution in [2.24, 2.45) is 7.05 Å². The summed E-state index contributed by atoms with van der Waals surface area (Å²) in [6, 6.07) is 7.24. The van der Waals surface area contributed by atoms with Crippen LogP contribution in [-0.2, 0) is 7.05 Å². The lowest BCUT2D eigenvalue weighted by molar-refractivity contribution is 0.344. The first-order valence-electron chi connectivity index (χ1n) is 5.29. The van der Waals surface area contributed by atoms with Crippen LogP contribution in [0.25, 0.3) is 0 Å². The molecule has 1 N–H and O–H groups in total. The van der Waals surface area contributed by atoms with Crippen LogP contribution in [-0.4, -0.2) is 27.1 Å². The fourth-order valence-electron chi connectivity index (χ4n) is 1.31. The van der Waals surface area contributed by atoms with Gasteiger partial charge in [-0.15, -0.1) is 5.10 Å². The lowest BCUT2D eigenvalue weighted by atomic mass is 10.3. The van der Waals surface area contributed by atoms with Gasteiger partial charge < -0.3 is 4.74 Å². The van der Waals surface area contributed by atoms with Gasteiger partial charge in [-0.25, -0.2) is 9.89 Å². The number of aromatic amines is 1. The Morgan fingerprint density at radius 1 is 1.56 bits per heavy atom. The van der Waals surface area contributed by atoms with Gasteiger partial charge >= 0.3 is 5.69 Å². The molecule has 2 aromatic rings. The Morgan fingerprint density at radius 3 is 3.06 bits per heavy atom. The zero-order chi connectivity index (χ0) is 13.0. The molecule has 7 heteroatoms. The van der Waals surface area contributed by atoms with Gasteiger partial charge in [-0.2, -0.15) is 0 Å². The number of ether oxygens (including phenoxy) is 1. The molecule has 18 heavy (non-hydrogen) atoms. The van der Waals surface area contributed by atoms with Crippen molar-refractivity contribution in [1.29, 1.82) is 0 Å². The molecule has 5 nitrogen and oxygen atoms in total. The Kier molecular flexibility index (Phi) is 4.33. The summed E-state index contributed by atoms with van der Waals surface area (Å²) in [5.41, 5.74) is -0.215. The number of halogens is 1. The van der Waals surface area contributed by atoms with Crippen LogP contribution in [0.3, 0.4) is 0 Å². The van der Waals surface area contributed by atoms with E-state index in [0.29, 0.717) is 22.5 Å². The predicted molar refractivity (Wildman–Crippen MR) is 71.5 cm³/mol. The number of nitrogens with one attached hydrogen (secondary N) is 1. The molecule has 2 rings (SSSR count). The maximum atomic E-state index is 11.1. The molecule has 1 aromatic carbocycles. The SMILES string of the molecule is Cn1c(SCCOc2cccc(Cl)c2)n[nH]c1=O. The predicted octanol–water partition coefficient (Wildman–Crippen LogP) is 1.93. The molecule has 1 aromatic heterocycles. The number of H-pyrrole nitrogens is 1. The van der Waals surface area contributed by atoms with Crippen LogP contribution >= 0.6 is 23.4 Å². The third-order valence-electron chi connectivity index (χ3n) is 2.22. The van der Waals surface area contributed by atoms with Crippen LogP contribution in [0.2, 0.25) is 5.02 Å². The van der Waals surface area contributed by atoms with Crippen molar-refractivity contribution in [3.8, 4) is 5.75 Å². The Labute approximate surface area is 113 Å². The fourth-order valence-corrected chi connectivity index (χ4v) is 2.23. The van der Waals surface area contributed by atoms with Crippen LogP contribution in [0.4, 0.5) is 0 Å². The summed E-state index contributed by atoms with van der Waals surface area (Å²) in [5, 5.41) is 7.56. The van der Waals surface area contributed by atoms with E-state index in [1.807, 2.05) is 12.1 Å². The molecule has 0 aliphatic carbocycles. The first kappa shape index (κ1) is 13.0. The minimum Gasteiger partial charge on any atom is -0.493 e. The second-order valence-electron chi connectivity index (χ2n) is 3.52. The van der Waals surface area contributed by atoms with E-state index >= 15 is 0 Å². The van der Waals surface area contributed by atoms with Gasteiger partial charge in [0.25, 0.3) is 0 Å². The average Bonchev–Trinajstić information content (AvgIpc) is 2.66. The van der Waals surface area contributed by atoms with E-state index < -0.39 is 0 Å². The highest BCUT2D eigenvalue weighted by molar-refractivity contribution is 7.99. The molecule has 0 radical (unpaired) electrons. The topological polar surface area (TPSA) is 59.9 Å². The Balaban J connectivity index is 1.80. The van der Waals surface area contributed by atoms with E-state index in [1.165, 1.54) is 16.3 Å². The third-order valence-corrected chi connectivity index (χ3v) is 3.45. The standard InChI is InChI=1S/C11H12ClN3O2S/c1-15-10(16)13-14-11(15)18-6-5-17-9-4-2-3-8(12)7-9/h2-4,7H,5-6H2,1H3,(H,13,16). The van der Waals surface area contributed by atoms with Gasteiger partial charge in [-0.3, -0.25) is 4.57 Å². The van der Waals surface area contributed by atoms with Gasteiger partial charge in [0.2, 0.25) is 0 Å². The van der Waals surface area contributed by atoms with Crippen LogP contribution in [0, 0.1) is 0 Å². The lowest BCUT2D eigenvalue weighted by Crippen LogP contribution is -2.13. The van der Waals surface area contributed by atoms with E-state index in [0.717, 1.165) is 5.75 Å². The molecule has 0 unspecified atom stereocenters. The summed E-state index contributed by atoms with van der Waals surface area (Å²) >= 11 is 7.29. The molecular weight excluding hydrogens is 274 g/mol. The summed E-state index contributed by atoms with van der Waals surface area (Å²) in [6.45, 7) is 0.520. The van der Waals surface area contributed by atoms with Crippen molar-refractivity contribution in [3.05, 3.63) is 39.8 Å². The maximum Gasteiger partial charge on any atom is 0.343 e. The van der Waals surface area contributed by atoms with Gasteiger partial charge in [0.05, 0.1) is 6.61 Å². The molecule has 0 bridgehead atoms. The van der Waals surface area contributed by atoms with Crippen molar-refractivity contribution in [3.63, 3.8) is 0 Å². The smallest absolute Gasteiger partial charge is 0.343 e. The number of hydrogen-bond acceptors (Lipinski definition) is 4. The number of hydrogen-bond donors (Lipinski definition) is 1. The second kappa shape index (κ2) is 5.97. The summed E-state index contributed by atoms with van der Waals surface area (Å²) in [6.07, 6.45) is 0. The summed E-state index contributed by atoms with van der Waals surface area (Å²) < 4.78 is 6.99. The number of nitrogens with zero attached hydrogens (tertiary/aromatic N) is 2. The minimum atomic E-state index is -0.215. The molecule has 0 fully saturated rings. The highest BCUT2D eigenvalue weighted by atomic mass is 35.5. The van der Waals surface area contributed by atoms with E-state index in [2.05, 4.69) is 10.2 Å². The van der Waals surface area contributed by atoms with Gasteiger partial charge in [-0.1, -0.05) is 29.4 Å². The van der Waals surface area contributed by atoms with Crippen LogP contribution in [0.5, 0.6) is 5.75 Å². The molecule has 0 saturated heterocycles. The number of benzene rings is 1. The number of thioether (sulfide) groups is 1. The second-order valence-corrected chi connectivity index (χ2v) is 5.02. The molecule has 96 valence electrons. The summed E-state index contributed by atoms with van der Waals surface area (Å²) in [4.78, 5) is 11.1. The Hall–Kier alpha value is -1.40. The summed E-state index contributed by atoms with van der Waals surface area (Å²) in [7, 11) is 1.67. The van der Waals surface area contributed by atoms with E-state index in [1.54, 1.807) is 19.2 Å². The number of aromatic nitrogens is 3. The Morgan fingerprint density at radius 2 is 2.39 bits per heavy atom. The van der Waals surface area contributed by atoms with E-state index in [4.69, 9.17) is 16.3 Å². The summed E-state index contributed by atoms with van der Waals surface area (Å²) in [5.74, 6) is 1.43. The van der Waals surface area contributed by atoms with E-state index in [9.17, 15) is 4.79 Å². The molecular formula is C11H12ClN3O2S. The monoisotopic (exact) mass is 285 g/mol. The lowest BCUT2D eigenvalue weighted by Gasteiger charge is -2.05. The van der Waals surface area contributed by atoms with Gasteiger partial charge in [-0.05, 0) is 18.2 Å². The highest BCUT2D eigenvalue weighted by Gasteiger charge is 2.04. The zero-order valence-electron chi connectivity index (χ0n) is 9.72. The molecule has 0 spiro atoms. The average molecular weight is 286 g/mol. The van der Waals surface area contributed by atoms with Crippen LogP contribution in [0.15, 0.2) is 34.2 Å². The fraction of sp³-hybridized carbons (Fsp3) is 0.273. The quantitative estimate of drug-likeness (QED) is 0.674. The van der Waals surface area contributed by atoms with Gasteiger partial charge in [0.1, 0.15) is 5.75 Å². The maximum absolute atomic E-state index is 11.1. The molecule has 0 aliphatic heterocycles. The Bertz CT molecular complexity index is 582. The van der Waals surface area contributed by atoms with Crippen molar-refractivity contribution in [1.82, 2.24) is 14.8 Å². The van der Waals surface area contributed by atoms with Crippen LogP contribution in [0.1, 0.15) is 0 Å². The van der Waals surface area contributed by atoms with E-state index in [-0.39, 0.29) is 5.69 Å². The molecule has 0 aliphatic rings. The molecule has 0 saturated carbocycles. The van der Waals surface area contributed by atoms with Crippen LogP contribution < -0.4 is 10.4 Å². The number of rotatable bonds is 5. The normalized spacial score (nSPS) is 10.6. The zero-order valence-corrected chi connectivity index (χ0v) is 11.3. The van der Waals surface area contributed by atoms with Crippen molar-refractivity contribution in [2.75, 3.05) is 12.4 Å². The van der Waals surface area contributed by atoms with Crippen molar-refractivity contribution in [2.45, 2.75) is 5.16 Å². The largest absolute Gasteiger partial charge is 0.493 e. The molecule has 0 atom stereocenters. The van der Waals surface area contributed by atoms with Gasteiger partial charge in [0, 0.05) is 17.8 Å². The first-order valence-corrected chi connectivity index (χ1v) is 6.66. The molecule has 1 heterocycles.